The van der Waals surface area contributed by atoms with Crippen LogP contribution >= 0.6 is 0 Å². The summed E-state index contributed by atoms with van der Waals surface area (Å²) in [6.07, 6.45) is 6.27. The maximum absolute atomic E-state index is 11.2. The first-order valence-corrected chi connectivity index (χ1v) is 8.29. The van der Waals surface area contributed by atoms with E-state index in [4.69, 9.17) is 4.98 Å². The van der Waals surface area contributed by atoms with Gasteiger partial charge < -0.3 is 9.67 Å². The van der Waals surface area contributed by atoms with Crippen molar-refractivity contribution in [1.29, 1.82) is 0 Å². The molecule has 22 heavy (non-hydrogen) atoms. The van der Waals surface area contributed by atoms with Gasteiger partial charge in [0.15, 0.2) is 0 Å². The zero-order chi connectivity index (χ0) is 15.7. The lowest BCUT2D eigenvalue weighted by atomic mass is 9.88. The Labute approximate surface area is 131 Å². The van der Waals surface area contributed by atoms with Crippen LogP contribution in [-0.2, 0) is 6.54 Å². The summed E-state index contributed by atoms with van der Waals surface area (Å²) >= 11 is 0. The first-order valence-electron chi connectivity index (χ1n) is 8.29. The van der Waals surface area contributed by atoms with Crippen LogP contribution in [0.5, 0.6) is 0 Å². The second kappa shape index (κ2) is 6.11. The van der Waals surface area contributed by atoms with Crippen molar-refractivity contribution in [2.75, 3.05) is 0 Å². The molecule has 3 rings (SSSR count). The van der Waals surface area contributed by atoms with Crippen molar-refractivity contribution in [3.63, 3.8) is 0 Å². The van der Waals surface area contributed by atoms with Crippen molar-refractivity contribution in [2.45, 2.75) is 58.4 Å². The van der Waals surface area contributed by atoms with Crippen LogP contribution in [0.3, 0.4) is 0 Å². The molecule has 1 aromatic heterocycles. The van der Waals surface area contributed by atoms with Crippen LogP contribution in [0.1, 0.15) is 68.1 Å². The van der Waals surface area contributed by atoms with Crippen LogP contribution in [-0.4, -0.2) is 20.6 Å². The van der Waals surface area contributed by atoms with Gasteiger partial charge in [0.1, 0.15) is 5.82 Å². The van der Waals surface area contributed by atoms with E-state index >= 15 is 0 Å². The van der Waals surface area contributed by atoms with Gasteiger partial charge >= 0.3 is 5.97 Å². The number of nitrogens with zero attached hydrogens (tertiary/aromatic N) is 2. The number of carboxylic acid groups (broad SMARTS) is 1. The fraction of sp³-hybridized carbons (Fsp3) is 0.556. The van der Waals surface area contributed by atoms with Crippen molar-refractivity contribution in [3.05, 3.63) is 29.6 Å². The summed E-state index contributed by atoms with van der Waals surface area (Å²) in [6, 6.07) is 5.31. The highest BCUT2D eigenvalue weighted by Gasteiger charge is 2.23. The van der Waals surface area contributed by atoms with Crippen molar-refractivity contribution in [1.82, 2.24) is 9.55 Å². The molecule has 0 bridgehead atoms. The normalized spacial score (nSPS) is 16.5. The maximum Gasteiger partial charge on any atom is 0.335 e. The molecule has 0 saturated heterocycles. The maximum atomic E-state index is 11.2. The number of benzene rings is 1. The van der Waals surface area contributed by atoms with Crippen LogP contribution in [0, 0.1) is 5.92 Å². The number of carbonyl (C=O) groups is 1. The minimum atomic E-state index is -0.889. The third-order valence-corrected chi connectivity index (χ3v) is 4.54. The Morgan fingerprint density at radius 2 is 2.05 bits per heavy atom. The van der Waals surface area contributed by atoms with Crippen LogP contribution in [0.4, 0.5) is 0 Å². The van der Waals surface area contributed by atoms with Crippen LogP contribution in [0.25, 0.3) is 11.0 Å². The lowest BCUT2D eigenvalue weighted by molar-refractivity contribution is 0.0697. The highest BCUT2D eigenvalue weighted by molar-refractivity contribution is 5.92. The Balaban J connectivity index is 2.09. The Bertz CT molecular complexity index is 682. The lowest BCUT2D eigenvalue weighted by Crippen LogP contribution is -2.14. The molecule has 1 heterocycles. The summed E-state index contributed by atoms with van der Waals surface area (Å²) in [6.45, 7) is 5.36. The minimum Gasteiger partial charge on any atom is -0.478 e. The number of rotatable bonds is 4. The molecule has 0 spiro atoms. The molecule has 1 aromatic carbocycles. The summed E-state index contributed by atoms with van der Waals surface area (Å²) in [7, 11) is 0. The minimum absolute atomic E-state index is 0.317. The highest BCUT2D eigenvalue weighted by atomic mass is 16.4. The van der Waals surface area contributed by atoms with Gasteiger partial charge in [0.05, 0.1) is 16.6 Å². The summed E-state index contributed by atoms with van der Waals surface area (Å²) in [5.74, 6) is 1.33. The Morgan fingerprint density at radius 3 is 2.68 bits per heavy atom. The van der Waals surface area contributed by atoms with E-state index < -0.39 is 5.97 Å². The average Bonchev–Trinajstić information content (AvgIpc) is 2.85. The first kappa shape index (κ1) is 15.1. The smallest absolute Gasteiger partial charge is 0.335 e. The quantitative estimate of drug-likeness (QED) is 0.908. The summed E-state index contributed by atoms with van der Waals surface area (Å²) < 4.78 is 2.32. The zero-order valence-corrected chi connectivity index (χ0v) is 13.4. The molecule has 0 amide bonds. The predicted molar refractivity (Wildman–Crippen MR) is 87.4 cm³/mol. The van der Waals surface area contributed by atoms with Crippen molar-refractivity contribution in [2.24, 2.45) is 5.92 Å². The summed E-state index contributed by atoms with van der Waals surface area (Å²) in [5, 5.41) is 9.18. The van der Waals surface area contributed by atoms with Gasteiger partial charge in [0.2, 0.25) is 0 Å². The monoisotopic (exact) mass is 300 g/mol. The van der Waals surface area contributed by atoms with E-state index in [2.05, 4.69) is 18.4 Å². The molecule has 1 aliphatic rings. The van der Waals surface area contributed by atoms with E-state index in [1.54, 1.807) is 12.1 Å². The summed E-state index contributed by atoms with van der Waals surface area (Å²) in [5.41, 5.74) is 2.21. The molecule has 1 N–H and O–H groups in total. The largest absolute Gasteiger partial charge is 0.478 e. The fourth-order valence-electron chi connectivity index (χ4n) is 3.51. The molecule has 2 aromatic rings. The number of imidazole rings is 1. The molecule has 0 unspecified atom stereocenters. The molecule has 1 saturated carbocycles. The fourth-order valence-corrected chi connectivity index (χ4v) is 3.51. The van der Waals surface area contributed by atoms with Gasteiger partial charge in [0, 0.05) is 12.5 Å². The van der Waals surface area contributed by atoms with Crippen molar-refractivity contribution < 1.29 is 9.90 Å². The summed E-state index contributed by atoms with van der Waals surface area (Å²) in [4.78, 5) is 16.0. The molecular formula is C18H24N2O2. The van der Waals surface area contributed by atoms with E-state index in [1.807, 2.05) is 6.07 Å². The number of carboxylic acids is 1. The highest BCUT2D eigenvalue weighted by Crippen LogP contribution is 2.34. The number of hydrogen-bond acceptors (Lipinski definition) is 2. The van der Waals surface area contributed by atoms with E-state index in [0.717, 1.165) is 23.4 Å². The van der Waals surface area contributed by atoms with Crippen molar-refractivity contribution >= 4 is 17.0 Å². The third-order valence-electron chi connectivity index (χ3n) is 4.54. The lowest BCUT2D eigenvalue weighted by Gasteiger charge is -2.23. The van der Waals surface area contributed by atoms with Gasteiger partial charge in [0.25, 0.3) is 0 Å². The van der Waals surface area contributed by atoms with E-state index in [0.29, 0.717) is 17.4 Å². The number of aromatic carboxylic acids is 1. The molecule has 1 aliphatic carbocycles. The molecule has 4 heteroatoms. The van der Waals surface area contributed by atoms with Gasteiger partial charge in [-0.2, -0.15) is 0 Å². The van der Waals surface area contributed by atoms with Gasteiger partial charge in [-0.05, 0) is 37.0 Å². The number of hydrogen-bond donors (Lipinski definition) is 1. The first-order chi connectivity index (χ1) is 10.6. The molecule has 0 radical (unpaired) electrons. The molecule has 1 fully saturated rings. The molecular weight excluding hydrogens is 276 g/mol. The molecule has 118 valence electrons. The number of fused-ring (bicyclic) bond motifs is 1. The van der Waals surface area contributed by atoms with Gasteiger partial charge in [-0.1, -0.05) is 33.1 Å². The van der Waals surface area contributed by atoms with Gasteiger partial charge in [-0.3, -0.25) is 0 Å². The third kappa shape index (κ3) is 2.87. The zero-order valence-electron chi connectivity index (χ0n) is 13.4. The van der Waals surface area contributed by atoms with Gasteiger partial charge in [-0.25, -0.2) is 9.78 Å². The Kier molecular flexibility index (Phi) is 4.19. The Hall–Kier alpha value is -1.84. The van der Waals surface area contributed by atoms with E-state index in [9.17, 15) is 9.90 Å². The topological polar surface area (TPSA) is 55.1 Å². The standard InChI is InChI=1S/C18H24N2O2/c1-12(2)11-20-16-9-8-14(18(21)22)10-15(16)19-17(20)13-6-4-3-5-7-13/h8-10,12-13H,3-7,11H2,1-2H3,(H,21,22). The second-order valence-electron chi connectivity index (χ2n) is 6.82. The predicted octanol–water partition coefficient (Wildman–Crippen LogP) is 4.44. The van der Waals surface area contributed by atoms with E-state index in [-0.39, 0.29) is 0 Å². The molecule has 4 nitrogen and oxygen atoms in total. The second-order valence-corrected chi connectivity index (χ2v) is 6.82. The SMILES string of the molecule is CC(C)Cn1c(C2CCCCC2)nc2cc(C(=O)O)ccc21. The van der Waals surface area contributed by atoms with Crippen molar-refractivity contribution in [3.8, 4) is 0 Å². The average molecular weight is 300 g/mol. The van der Waals surface area contributed by atoms with Crippen LogP contribution in [0.2, 0.25) is 0 Å². The molecule has 0 atom stereocenters. The Morgan fingerprint density at radius 1 is 1.32 bits per heavy atom. The van der Waals surface area contributed by atoms with Crippen LogP contribution < -0.4 is 0 Å². The number of aromatic nitrogens is 2. The van der Waals surface area contributed by atoms with Gasteiger partial charge in [-0.15, -0.1) is 0 Å². The molecule has 0 aliphatic heterocycles. The van der Waals surface area contributed by atoms with E-state index in [1.165, 1.54) is 32.1 Å². The van der Waals surface area contributed by atoms with Crippen LogP contribution in [0.15, 0.2) is 18.2 Å².